The van der Waals surface area contributed by atoms with Crippen molar-refractivity contribution < 1.29 is 19.2 Å². The van der Waals surface area contributed by atoms with Crippen LogP contribution < -0.4 is 19.9 Å². The highest BCUT2D eigenvalue weighted by molar-refractivity contribution is 6.98. The molecule has 5 rings (SSSR count). The molecule has 10 heteroatoms. The highest BCUT2D eigenvalue weighted by Gasteiger charge is 2.41. The molecule has 0 bridgehead atoms. The Kier molecular flexibility index (Phi) is 6.97. The smallest absolute Gasteiger partial charge is 0.210 e. The van der Waals surface area contributed by atoms with Gasteiger partial charge in [0.1, 0.15) is 27.9 Å². The van der Waals surface area contributed by atoms with Crippen LogP contribution in [-0.4, -0.2) is 72.9 Å². The number of ether oxygens (including phenoxy) is 1. The van der Waals surface area contributed by atoms with E-state index in [-0.39, 0.29) is 12.2 Å². The van der Waals surface area contributed by atoms with E-state index in [0.717, 1.165) is 28.1 Å². The molecule has 0 unspecified atom stereocenters. The Bertz CT molecular complexity index is 1650. The van der Waals surface area contributed by atoms with Gasteiger partial charge in [0.15, 0.2) is 18.1 Å². The van der Waals surface area contributed by atoms with Gasteiger partial charge in [0.25, 0.3) is 0 Å². The summed E-state index contributed by atoms with van der Waals surface area (Å²) in [5.41, 5.74) is 5.52. The van der Waals surface area contributed by atoms with Crippen molar-refractivity contribution in [3.8, 4) is 5.75 Å². The molecule has 2 aliphatic rings. The Labute approximate surface area is 234 Å². The summed E-state index contributed by atoms with van der Waals surface area (Å²) in [4.78, 5) is 14.6. The fourth-order valence-corrected chi connectivity index (χ4v) is 8.30. The number of benzene rings is 2. The van der Waals surface area contributed by atoms with Crippen LogP contribution in [0, 0.1) is 6.92 Å². The Morgan fingerprint density at radius 3 is 2.42 bits per heavy atom. The van der Waals surface area contributed by atoms with Gasteiger partial charge in [0.2, 0.25) is 5.82 Å². The first kappa shape index (κ1) is 27.1. The van der Waals surface area contributed by atoms with E-state index < -0.39 is 14.0 Å². The molecule has 0 N–H and O–H groups in total. The van der Waals surface area contributed by atoms with Gasteiger partial charge in [-0.15, -0.1) is 20.4 Å². The molecule has 0 amide bonds. The Morgan fingerprint density at radius 1 is 1.05 bits per heavy atom. The first-order valence-corrected chi connectivity index (χ1v) is 16.0. The van der Waals surface area contributed by atoms with E-state index >= 15 is 0 Å². The van der Waals surface area contributed by atoms with Crippen molar-refractivity contribution in [3.63, 3.8) is 0 Å². The number of fused-ring (bicyclic) bond motifs is 2. The highest BCUT2D eigenvalue weighted by Crippen LogP contribution is 2.45. The summed E-state index contributed by atoms with van der Waals surface area (Å²) in [5, 5.41) is 31.0. The molecule has 204 valence electrons. The Balaban J connectivity index is 1.80. The molecule has 2 heterocycles. The van der Waals surface area contributed by atoms with Crippen molar-refractivity contribution in [2.45, 2.75) is 26.6 Å². The number of hydrogen-bond donors (Lipinski definition) is 0. The monoisotopic (exact) mass is 552 g/mol. The zero-order valence-electron chi connectivity index (χ0n) is 23.8. The maximum atomic E-state index is 12.5. The summed E-state index contributed by atoms with van der Waals surface area (Å²) in [7, 11) is 5.88. The molecule has 0 spiro atoms. The fourth-order valence-electron chi connectivity index (χ4n) is 5.23. The first-order valence-electron chi connectivity index (χ1n) is 13.0. The normalized spacial score (nSPS) is 15.3. The minimum absolute atomic E-state index is 0.0177. The minimum Gasteiger partial charge on any atom is -0.545 e. The molecular formula is C30H32N6O3Si. The van der Waals surface area contributed by atoms with Gasteiger partial charge < -0.3 is 19.5 Å². The van der Waals surface area contributed by atoms with Crippen molar-refractivity contribution in [1.29, 1.82) is 0 Å². The molecule has 2 aromatic carbocycles. The number of carbonyl (C=O) groups is 1. The third-order valence-electron chi connectivity index (χ3n) is 7.40. The third kappa shape index (κ3) is 4.75. The van der Waals surface area contributed by atoms with E-state index in [1.807, 2.05) is 28.2 Å². The van der Waals surface area contributed by atoms with E-state index in [0.29, 0.717) is 23.0 Å². The Hall–Kier alpha value is -4.44. The highest BCUT2D eigenvalue weighted by atomic mass is 28.3. The molecule has 1 aliphatic carbocycles. The maximum absolute atomic E-state index is 12.5. The molecular weight excluding hydrogens is 520 g/mol. The van der Waals surface area contributed by atoms with Gasteiger partial charge in [0, 0.05) is 48.6 Å². The number of nitrogens with zero attached hydrogens (tertiary/aromatic N) is 6. The molecule has 1 aliphatic heterocycles. The van der Waals surface area contributed by atoms with Gasteiger partial charge in [-0.3, -0.25) is 0 Å². The number of aryl methyl sites for hydroxylation is 1. The number of rotatable bonds is 6. The van der Waals surface area contributed by atoms with E-state index in [4.69, 9.17) is 4.74 Å². The van der Waals surface area contributed by atoms with Gasteiger partial charge in [-0.1, -0.05) is 31.3 Å². The van der Waals surface area contributed by atoms with Crippen molar-refractivity contribution in [3.05, 3.63) is 93.7 Å². The third-order valence-corrected chi connectivity index (χ3v) is 10.9. The summed E-state index contributed by atoms with van der Waals surface area (Å²) in [6, 6.07) is 11.4. The lowest BCUT2D eigenvalue weighted by molar-refractivity contribution is -0.462. The molecule has 3 aromatic rings. The van der Waals surface area contributed by atoms with Gasteiger partial charge in [-0.05, 0) is 52.7 Å². The van der Waals surface area contributed by atoms with E-state index in [1.54, 1.807) is 25.1 Å². The van der Waals surface area contributed by atoms with Crippen molar-refractivity contribution in [1.82, 2.24) is 20.4 Å². The molecule has 0 radical (unpaired) electrons. The van der Waals surface area contributed by atoms with Crippen LogP contribution in [-0.2, 0) is 6.61 Å². The number of aromatic nitrogens is 4. The van der Waals surface area contributed by atoms with Crippen molar-refractivity contribution >= 4 is 36.2 Å². The van der Waals surface area contributed by atoms with Crippen LogP contribution in [0.2, 0.25) is 13.1 Å². The first-order chi connectivity index (χ1) is 19.0. The summed E-state index contributed by atoms with van der Waals surface area (Å²) in [5.74, 6) is -0.129. The summed E-state index contributed by atoms with van der Waals surface area (Å²) in [6.07, 6.45) is 6.42. The SMILES string of the molecule is Cc1nnc(COc2cccc(C(=O)[O-])c2C2=C3C=CC(=[N+](C)C)C=C3[Si](C)(C)c3cc(N(C)C)ccc32)nn1. The molecule has 40 heavy (non-hydrogen) atoms. The van der Waals surface area contributed by atoms with E-state index in [2.05, 4.69) is 79.4 Å². The zero-order valence-corrected chi connectivity index (χ0v) is 24.8. The quantitative estimate of drug-likeness (QED) is 0.338. The van der Waals surface area contributed by atoms with Crippen molar-refractivity contribution in [2.75, 3.05) is 33.1 Å². The molecule has 0 atom stereocenters. The van der Waals surface area contributed by atoms with Crippen LogP contribution in [0.4, 0.5) is 5.69 Å². The van der Waals surface area contributed by atoms with Crippen LogP contribution in [0.25, 0.3) is 5.57 Å². The number of allylic oxidation sites excluding steroid dienone is 5. The summed E-state index contributed by atoms with van der Waals surface area (Å²) < 4.78 is 8.28. The fraction of sp³-hybridized carbons (Fsp3) is 0.267. The number of carbonyl (C=O) groups excluding carboxylic acids is 1. The average molecular weight is 553 g/mol. The summed E-state index contributed by atoms with van der Waals surface area (Å²) in [6.45, 7) is 6.37. The van der Waals surface area contributed by atoms with Gasteiger partial charge in [-0.2, -0.15) is 0 Å². The van der Waals surface area contributed by atoms with Crippen LogP contribution in [0.5, 0.6) is 5.75 Å². The average Bonchev–Trinajstić information content (AvgIpc) is 2.92. The van der Waals surface area contributed by atoms with Crippen molar-refractivity contribution in [2.24, 2.45) is 0 Å². The van der Waals surface area contributed by atoms with Crippen LogP contribution in [0.1, 0.15) is 33.1 Å². The maximum Gasteiger partial charge on any atom is 0.210 e. The predicted molar refractivity (Wildman–Crippen MR) is 156 cm³/mol. The number of carboxylic acids is 1. The lowest BCUT2D eigenvalue weighted by atomic mass is 9.86. The molecule has 9 nitrogen and oxygen atoms in total. The van der Waals surface area contributed by atoms with E-state index in [9.17, 15) is 9.90 Å². The predicted octanol–water partition coefficient (Wildman–Crippen LogP) is 2.06. The zero-order chi connectivity index (χ0) is 28.8. The van der Waals surface area contributed by atoms with Crippen LogP contribution in [0.15, 0.2) is 65.4 Å². The van der Waals surface area contributed by atoms with Gasteiger partial charge in [-0.25, -0.2) is 4.58 Å². The van der Waals surface area contributed by atoms with E-state index in [1.165, 1.54) is 10.4 Å². The second-order valence-electron chi connectivity index (χ2n) is 10.9. The topological polar surface area (TPSA) is 107 Å². The molecule has 0 fully saturated rings. The second-order valence-corrected chi connectivity index (χ2v) is 15.2. The number of carboxylic acid groups (broad SMARTS) is 1. The lowest BCUT2D eigenvalue weighted by Gasteiger charge is -2.38. The Morgan fingerprint density at radius 2 is 1.77 bits per heavy atom. The molecule has 1 aromatic heterocycles. The van der Waals surface area contributed by atoms with Gasteiger partial charge >= 0.3 is 0 Å². The van der Waals surface area contributed by atoms with Crippen LogP contribution >= 0.6 is 0 Å². The largest absolute Gasteiger partial charge is 0.545 e. The van der Waals surface area contributed by atoms with Gasteiger partial charge in [0.05, 0.1) is 5.97 Å². The summed E-state index contributed by atoms with van der Waals surface area (Å²) >= 11 is 0. The lowest BCUT2D eigenvalue weighted by Crippen LogP contribution is -2.50. The standard InChI is InChI=1S/C30H32N6O3Si/c1-18-31-33-27(34-32-18)17-39-24-10-8-9-23(30(37)38)29(24)28-21-13-11-19(35(2)3)15-25(21)40(6,7)26-16-20(36(4)5)12-14-22(26)28/h8-16H,17H2,1-7H3. The number of aromatic carboxylic acids is 1. The number of anilines is 1. The number of hydrogen-bond acceptors (Lipinski definition) is 8. The molecule has 0 saturated heterocycles. The molecule has 0 saturated carbocycles. The minimum atomic E-state index is -2.21. The van der Waals surface area contributed by atoms with Crippen LogP contribution in [0.3, 0.4) is 0 Å². The second kappa shape index (κ2) is 10.3.